The number of amides is 3. The molecule has 0 aliphatic heterocycles. The normalized spacial score (nSPS) is 35.6. The Morgan fingerprint density at radius 3 is 2.41 bits per heavy atom. The molecule has 4 N–H and O–H groups in total. The molecule has 6 rings (SSSR count). The topological polar surface area (TPSA) is 74.8 Å². The second-order valence-electron chi connectivity index (χ2n) is 10.3. The van der Waals surface area contributed by atoms with Crippen molar-refractivity contribution in [1.82, 2.24) is 10.6 Å². The molecule has 5 aliphatic rings. The van der Waals surface area contributed by atoms with Gasteiger partial charge in [0, 0.05) is 17.5 Å². The molecule has 0 spiro atoms. The van der Waals surface area contributed by atoms with Crippen LogP contribution in [-0.4, -0.2) is 23.5 Å². The van der Waals surface area contributed by atoms with E-state index in [2.05, 4.69) is 40.2 Å². The molecule has 2 atom stereocenters. The van der Waals surface area contributed by atoms with E-state index in [9.17, 15) is 9.59 Å². The number of rotatable bonds is 4. The molecule has 0 unspecified atom stereocenters. The standard InChI is InChI=1S/C24H33N3O2/c1-15(25-21-8-4-6-19-5-2-3-7-20(19)21)22(28)26-23(29)27-24-12-16-9-17(13-24)11-18(10-16)14-24/h2-3,5,7,15-18,21,25H,4,6,8-14H2,1H3,(H2,26,27,28,29)/p+1/t15-,16?,17?,18?,21-,24?/m0/s1. The number of benzene rings is 1. The Hall–Kier alpha value is -1.88. The van der Waals surface area contributed by atoms with Crippen molar-refractivity contribution in [2.45, 2.75) is 82.3 Å². The molecule has 1 aromatic carbocycles. The summed E-state index contributed by atoms with van der Waals surface area (Å²) in [6.07, 6.45) is 10.7. The first kappa shape index (κ1) is 19.1. The van der Waals surface area contributed by atoms with Crippen molar-refractivity contribution in [3.63, 3.8) is 0 Å². The fourth-order valence-electron chi connectivity index (χ4n) is 7.19. The van der Waals surface area contributed by atoms with E-state index in [1.54, 1.807) is 0 Å². The van der Waals surface area contributed by atoms with E-state index in [0.717, 1.165) is 56.3 Å². The smallest absolute Gasteiger partial charge is 0.322 e. The lowest BCUT2D eigenvalue weighted by Gasteiger charge is -2.56. The van der Waals surface area contributed by atoms with Crippen LogP contribution in [0.3, 0.4) is 0 Å². The number of carbonyl (C=O) groups is 2. The number of quaternary nitrogens is 1. The zero-order chi connectivity index (χ0) is 20.0. The number of hydrogen-bond acceptors (Lipinski definition) is 2. The van der Waals surface area contributed by atoms with Crippen molar-refractivity contribution in [3.05, 3.63) is 35.4 Å². The first-order valence-corrected chi connectivity index (χ1v) is 11.6. The highest BCUT2D eigenvalue weighted by atomic mass is 16.2. The summed E-state index contributed by atoms with van der Waals surface area (Å²) < 4.78 is 0. The van der Waals surface area contributed by atoms with Gasteiger partial charge in [0.15, 0.2) is 6.04 Å². The molecule has 5 heteroatoms. The third-order valence-electron chi connectivity index (χ3n) is 8.00. The van der Waals surface area contributed by atoms with Gasteiger partial charge in [0.2, 0.25) is 0 Å². The van der Waals surface area contributed by atoms with Crippen LogP contribution in [0.4, 0.5) is 4.79 Å². The molecule has 0 saturated heterocycles. The van der Waals surface area contributed by atoms with Crippen LogP contribution in [0.2, 0.25) is 0 Å². The third-order valence-corrected chi connectivity index (χ3v) is 8.00. The summed E-state index contributed by atoms with van der Waals surface area (Å²) in [5, 5.41) is 8.02. The maximum absolute atomic E-state index is 12.7. The van der Waals surface area contributed by atoms with E-state index in [0.29, 0.717) is 6.04 Å². The Labute approximate surface area is 173 Å². The van der Waals surface area contributed by atoms with E-state index in [1.165, 1.54) is 30.4 Å². The largest absolute Gasteiger partial charge is 0.332 e. The van der Waals surface area contributed by atoms with Crippen molar-refractivity contribution in [1.29, 1.82) is 0 Å². The van der Waals surface area contributed by atoms with Crippen LogP contribution in [-0.2, 0) is 11.2 Å². The zero-order valence-electron chi connectivity index (χ0n) is 17.5. The van der Waals surface area contributed by atoms with Gasteiger partial charge in [-0.25, -0.2) is 4.79 Å². The molecule has 3 amide bonds. The summed E-state index contributed by atoms with van der Waals surface area (Å²) in [5.74, 6) is 2.14. The van der Waals surface area contributed by atoms with E-state index in [1.807, 2.05) is 6.92 Å². The molecule has 5 nitrogen and oxygen atoms in total. The molecule has 29 heavy (non-hydrogen) atoms. The van der Waals surface area contributed by atoms with Crippen LogP contribution in [0.5, 0.6) is 0 Å². The molecule has 0 heterocycles. The molecule has 0 aromatic heterocycles. The number of aryl methyl sites for hydroxylation is 1. The Morgan fingerprint density at radius 1 is 1.07 bits per heavy atom. The van der Waals surface area contributed by atoms with Crippen LogP contribution in [0.15, 0.2) is 24.3 Å². The minimum atomic E-state index is -0.291. The summed E-state index contributed by atoms with van der Waals surface area (Å²) in [5.41, 5.74) is 2.68. The molecular weight excluding hydrogens is 362 g/mol. The summed E-state index contributed by atoms with van der Waals surface area (Å²) >= 11 is 0. The Bertz CT molecular complexity index is 770. The quantitative estimate of drug-likeness (QED) is 0.732. The minimum absolute atomic E-state index is 0.0611. The Morgan fingerprint density at radius 2 is 1.72 bits per heavy atom. The number of nitrogens with two attached hydrogens (primary N) is 1. The molecule has 1 aromatic rings. The van der Waals surface area contributed by atoms with Gasteiger partial charge in [-0.2, -0.15) is 0 Å². The Balaban J connectivity index is 1.17. The van der Waals surface area contributed by atoms with E-state index in [4.69, 9.17) is 0 Å². The average Bonchev–Trinajstić information content (AvgIpc) is 2.66. The lowest BCUT2D eigenvalue weighted by molar-refractivity contribution is -0.714. The summed E-state index contributed by atoms with van der Waals surface area (Å²) in [6.45, 7) is 1.91. The van der Waals surface area contributed by atoms with Crippen LogP contribution in [0.1, 0.15) is 75.5 Å². The molecule has 4 fully saturated rings. The van der Waals surface area contributed by atoms with E-state index in [-0.39, 0.29) is 23.5 Å². The summed E-state index contributed by atoms with van der Waals surface area (Å²) in [6, 6.07) is 8.27. The molecule has 4 bridgehead atoms. The minimum Gasteiger partial charge on any atom is -0.332 e. The number of carbonyl (C=O) groups excluding carboxylic acids is 2. The molecular formula is C24H34N3O2+. The van der Waals surface area contributed by atoms with Gasteiger partial charge in [-0.3, -0.25) is 10.1 Å². The van der Waals surface area contributed by atoms with Gasteiger partial charge in [0.1, 0.15) is 6.04 Å². The van der Waals surface area contributed by atoms with Crippen molar-refractivity contribution in [3.8, 4) is 0 Å². The second-order valence-corrected chi connectivity index (χ2v) is 10.3. The first-order chi connectivity index (χ1) is 14.0. The van der Waals surface area contributed by atoms with Crippen molar-refractivity contribution in [2.24, 2.45) is 17.8 Å². The fraction of sp³-hybridized carbons (Fsp3) is 0.667. The predicted octanol–water partition coefficient (Wildman–Crippen LogP) is 2.81. The Kier molecular flexibility index (Phi) is 4.89. The molecule has 4 saturated carbocycles. The number of imide groups is 1. The number of fused-ring (bicyclic) bond motifs is 1. The van der Waals surface area contributed by atoms with Crippen LogP contribution < -0.4 is 16.0 Å². The van der Waals surface area contributed by atoms with Crippen molar-refractivity contribution in [2.75, 3.05) is 0 Å². The highest BCUT2D eigenvalue weighted by molar-refractivity contribution is 5.96. The van der Waals surface area contributed by atoms with E-state index >= 15 is 0 Å². The van der Waals surface area contributed by atoms with Gasteiger partial charge >= 0.3 is 6.03 Å². The van der Waals surface area contributed by atoms with Gasteiger partial charge < -0.3 is 10.6 Å². The zero-order valence-corrected chi connectivity index (χ0v) is 17.5. The van der Waals surface area contributed by atoms with Crippen LogP contribution in [0.25, 0.3) is 0 Å². The van der Waals surface area contributed by atoms with Crippen LogP contribution in [0, 0.1) is 17.8 Å². The summed E-state index contributed by atoms with van der Waals surface area (Å²) in [7, 11) is 0. The third kappa shape index (κ3) is 3.81. The molecule has 156 valence electrons. The number of nitrogens with one attached hydrogen (secondary N) is 2. The van der Waals surface area contributed by atoms with Crippen molar-refractivity contribution < 1.29 is 14.9 Å². The highest BCUT2D eigenvalue weighted by Crippen LogP contribution is 2.55. The lowest BCUT2D eigenvalue weighted by Crippen LogP contribution is -2.93. The van der Waals surface area contributed by atoms with Gasteiger partial charge in [0.25, 0.3) is 5.91 Å². The van der Waals surface area contributed by atoms with Gasteiger partial charge in [-0.15, -0.1) is 0 Å². The average molecular weight is 397 g/mol. The second kappa shape index (κ2) is 7.42. The van der Waals surface area contributed by atoms with Crippen molar-refractivity contribution >= 4 is 11.9 Å². The highest BCUT2D eigenvalue weighted by Gasteiger charge is 2.51. The molecule has 0 radical (unpaired) electrons. The lowest BCUT2D eigenvalue weighted by atomic mass is 9.53. The van der Waals surface area contributed by atoms with E-state index < -0.39 is 0 Å². The number of hydrogen-bond donors (Lipinski definition) is 3. The monoisotopic (exact) mass is 396 g/mol. The maximum atomic E-state index is 12.7. The fourth-order valence-corrected chi connectivity index (χ4v) is 7.19. The summed E-state index contributed by atoms with van der Waals surface area (Å²) in [4.78, 5) is 25.4. The SMILES string of the molecule is C[C@H]([NH2+][C@H]1CCCc2ccccc21)C(=O)NC(=O)NC12CC3CC(CC(C3)C1)C2. The maximum Gasteiger partial charge on any atom is 0.322 e. The van der Waals surface area contributed by atoms with Crippen LogP contribution >= 0.6 is 0 Å². The first-order valence-electron chi connectivity index (χ1n) is 11.6. The van der Waals surface area contributed by atoms with Gasteiger partial charge in [-0.1, -0.05) is 24.3 Å². The molecule has 5 aliphatic carbocycles. The predicted molar refractivity (Wildman–Crippen MR) is 111 cm³/mol. The van der Waals surface area contributed by atoms with Gasteiger partial charge in [0.05, 0.1) is 0 Å². The number of urea groups is 1. The van der Waals surface area contributed by atoms with Gasteiger partial charge in [-0.05, 0) is 81.6 Å².